The summed E-state index contributed by atoms with van der Waals surface area (Å²) < 4.78 is 28.3. The smallest absolute Gasteiger partial charge is 0.262 e. The second-order valence-electron chi connectivity index (χ2n) is 6.74. The summed E-state index contributed by atoms with van der Waals surface area (Å²) in [5.41, 5.74) is 1.72. The largest absolute Gasteiger partial charge is 0.545 e. The number of aromatic carboxylic acids is 1. The highest BCUT2D eigenvalue weighted by molar-refractivity contribution is 7.92. The fraction of sp³-hybridized carbons (Fsp3) is 0.0909. The minimum Gasteiger partial charge on any atom is -0.545 e. The van der Waals surface area contributed by atoms with E-state index in [0.29, 0.717) is 11.3 Å². The summed E-state index contributed by atoms with van der Waals surface area (Å²) in [5.74, 6) is -2.07. The molecule has 0 bridgehead atoms. The third-order valence-electron chi connectivity index (χ3n) is 4.41. The topological polar surface area (TPSA) is 115 Å². The Morgan fingerprint density at radius 2 is 1.63 bits per heavy atom. The van der Waals surface area contributed by atoms with Crippen molar-refractivity contribution in [2.75, 3.05) is 10.0 Å². The molecule has 3 aromatic carbocycles. The summed E-state index contributed by atoms with van der Waals surface area (Å²) in [7, 11) is -3.95. The van der Waals surface area contributed by atoms with E-state index in [0.717, 1.165) is 5.56 Å². The van der Waals surface area contributed by atoms with Gasteiger partial charge in [-0.3, -0.25) is 9.52 Å². The second-order valence-corrected chi connectivity index (χ2v) is 8.39. The fourth-order valence-electron chi connectivity index (χ4n) is 2.91. The Hall–Kier alpha value is -3.65. The minimum atomic E-state index is -3.95. The van der Waals surface area contributed by atoms with Crippen molar-refractivity contribution in [3.05, 3.63) is 89.0 Å². The van der Waals surface area contributed by atoms with Crippen molar-refractivity contribution in [3.8, 4) is 0 Å². The van der Waals surface area contributed by atoms with E-state index in [2.05, 4.69) is 10.0 Å². The Bertz CT molecular complexity index is 1240. The Labute approximate surface area is 174 Å². The van der Waals surface area contributed by atoms with Gasteiger partial charge >= 0.3 is 0 Å². The molecule has 0 saturated carbocycles. The molecule has 7 nitrogen and oxygen atoms in total. The Morgan fingerprint density at radius 1 is 0.900 bits per heavy atom. The summed E-state index contributed by atoms with van der Waals surface area (Å²) >= 11 is 0. The van der Waals surface area contributed by atoms with Gasteiger partial charge in [-0.1, -0.05) is 36.4 Å². The van der Waals surface area contributed by atoms with Gasteiger partial charge in [0.05, 0.1) is 16.6 Å². The molecule has 0 aromatic heterocycles. The van der Waals surface area contributed by atoms with Crippen molar-refractivity contribution < 1.29 is 23.1 Å². The molecule has 154 valence electrons. The Kier molecular flexibility index (Phi) is 5.89. The monoisotopic (exact) mass is 423 g/mol. The third-order valence-corrected chi connectivity index (χ3v) is 5.93. The van der Waals surface area contributed by atoms with Crippen LogP contribution in [0.1, 0.15) is 31.8 Å². The molecule has 0 heterocycles. The van der Waals surface area contributed by atoms with E-state index < -0.39 is 21.9 Å². The van der Waals surface area contributed by atoms with Crippen LogP contribution in [0.15, 0.2) is 71.6 Å². The number of benzene rings is 3. The van der Waals surface area contributed by atoms with E-state index in [4.69, 9.17) is 0 Å². The number of anilines is 2. The van der Waals surface area contributed by atoms with Gasteiger partial charge in [-0.05, 0) is 55.3 Å². The average molecular weight is 423 g/mol. The normalized spacial score (nSPS) is 11.0. The number of sulfonamides is 1. The second kappa shape index (κ2) is 8.38. The summed E-state index contributed by atoms with van der Waals surface area (Å²) in [6.45, 7) is 3.47. The number of hydrogen-bond donors (Lipinski definition) is 2. The quantitative estimate of drug-likeness (QED) is 0.633. The SMILES string of the molecule is Cc1cccc(NS(=O)(=O)c2cc(C(=O)Nc3ccccc3C(=O)[O-])ccc2C)c1. The lowest BCUT2D eigenvalue weighted by atomic mass is 10.1. The predicted octanol–water partition coefficient (Wildman–Crippen LogP) is 2.72. The van der Waals surface area contributed by atoms with Gasteiger partial charge in [0.25, 0.3) is 15.9 Å². The molecule has 0 unspecified atom stereocenters. The molecule has 0 aliphatic carbocycles. The highest BCUT2D eigenvalue weighted by Gasteiger charge is 2.20. The molecule has 1 amide bonds. The van der Waals surface area contributed by atoms with Crippen molar-refractivity contribution in [3.63, 3.8) is 0 Å². The van der Waals surface area contributed by atoms with Crippen molar-refractivity contribution in [1.82, 2.24) is 0 Å². The lowest BCUT2D eigenvalue weighted by molar-refractivity contribution is -0.254. The van der Waals surface area contributed by atoms with E-state index in [1.165, 1.54) is 36.4 Å². The lowest BCUT2D eigenvalue weighted by Gasteiger charge is -2.14. The fourth-order valence-corrected chi connectivity index (χ4v) is 4.24. The average Bonchev–Trinajstić information content (AvgIpc) is 2.68. The summed E-state index contributed by atoms with van der Waals surface area (Å²) in [6.07, 6.45) is 0. The summed E-state index contributed by atoms with van der Waals surface area (Å²) in [4.78, 5) is 23.8. The van der Waals surface area contributed by atoms with Crippen molar-refractivity contribution in [2.24, 2.45) is 0 Å². The number of rotatable bonds is 6. The molecule has 3 aromatic rings. The van der Waals surface area contributed by atoms with Crippen LogP contribution in [0.4, 0.5) is 11.4 Å². The van der Waals surface area contributed by atoms with E-state index in [-0.39, 0.29) is 21.7 Å². The van der Waals surface area contributed by atoms with Crippen molar-refractivity contribution in [2.45, 2.75) is 18.7 Å². The number of aryl methyl sites for hydroxylation is 2. The molecule has 8 heteroatoms. The first-order valence-corrected chi connectivity index (χ1v) is 10.5. The van der Waals surface area contributed by atoms with Crippen molar-refractivity contribution in [1.29, 1.82) is 0 Å². The molecule has 0 saturated heterocycles. The van der Waals surface area contributed by atoms with E-state index in [1.807, 2.05) is 13.0 Å². The minimum absolute atomic E-state index is 0.0511. The number of nitrogens with one attached hydrogen (secondary N) is 2. The summed E-state index contributed by atoms with van der Waals surface area (Å²) in [5, 5.41) is 13.7. The molecule has 0 fully saturated rings. The van der Waals surface area contributed by atoms with Gasteiger partial charge in [0.15, 0.2) is 0 Å². The maximum Gasteiger partial charge on any atom is 0.262 e. The zero-order chi connectivity index (χ0) is 21.9. The molecule has 0 aliphatic heterocycles. The highest BCUT2D eigenvalue weighted by atomic mass is 32.2. The first-order valence-electron chi connectivity index (χ1n) is 8.99. The van der Waals surface area contributed by atoms with Gasteiger partial charge < -0.3 is 15.2 Å². The first-order chi connectivity index (χ1) is 14.2. The van der Waals surface area contributed by atoms with Crippen LogP contribution in [0.5, 0.6) is 0 Å². The van der Waals surface area contributed by atoms with Crippen molar-refractivity contribution >= 4 is 33.3 Å². The van der Waals surface area contributed by atoms with Crippen LogP contribution in [0.3, 0.4) is 0 Å². The predicted molar refractivity (Wildman–Crippen MR) is 112 cm³/mol. The van der Waals surface area contributed by atoms with Crippen LogP contribution < -0.4 is 15.1 Å². The van der Waals surface area contributed by atoms with Gasteiger partial charge in [0.2, 0.25) is 0 Å². The highest BCUT2D eigenvalue weighted by Crippen LogP contribution is 2.22. The van der Waals surface area contributed by atoms with E-state index in [9.17, 15) is 23.1 Å². The lowest BCUT2D eigenvalue weighted by Crippen LogP contribution is -2.25. The maximum atomic E-state index is 12.9. The molecule has 0 radical (unpaired) electrons. The van der Waals surface area contributed by atoms with Crippen LogP contribution >= 0.6 is 0 Å². The molecular formula is C22H19N2O5S-. The molecule has 30 heavy (non-hydrogen) atoms. The molecule has 0 aliphatic rings. The van der Waals surface area contributed by atoms with Gasteiger partial charge in [-0.2, -0.15) is 0 Å². The van der Waals surface area contributed by atoms with E-state index in [1.54, 1.807) is 31.2 Å². The standard InChI is InChI=1S/C22H20N2O5S/c1-14-6-5-7-17(12-14)24-30(28,29)20-13-16(11-10-15(20)2)21(25)23-19-9-4-3-8-18(19)22(26)27/h3-13,24H,1-2H3,(H,23,25)(H,26,27)/p-1. The zero-order valence-corrected chi connectivity index (χ0v) is 17.1. The molecule has 2 N–H and O–H groups in total. The Morgan fingerprint density at radius 3 is 2.33 bits per heavy atom. The number of amides is 1. The van der Waals surface area contributed by atoms with Gasteiger partial charge in [-0.15, -0.1) is 0 Å². The van der Waals surface area contributed by atoms with Crippen LogP contribution in [-0.4, -0.2) is 20.3 Å². The number of carboxylic acid groups (broad SMARTS) is 1. The number of hydrogen-bond acceptors (Lipinski definition) is 5. The zero-order valence-electron chi connectivity index (χ0n) is 16.3. The molecular weight excluding hydrogens is 404 g/mol. The number of carbonyl (C=O) groups is 2. The maximum absolute atomic E-state index is 12.9. The third kappa shape index (κ3) is 4.66. The number of carboxylic acids is 1. The van der Waals surface area contributed by atoms with Crippen LogP contribution in [0.2, 0.25) is 0 Å². The van der Waals surface area contributed by atoms with Crippen LogP contribution in [0.25, 0.3) is 0 Å². The molecule has 3 rings (SSSR count). The first kappa shape index (κ1) is 21.1. The number of para-hydroxylation sites is 1. The van der Waals surface area contributed by atoms with Gasteiger partial charge in [0, 0.05) is 16.8 Å². The molecule has 0 spiro atoms. The van der Waals surface area contributed by atoms with Crippen LogP contribution in [-0.2, 0) is 10.0 Å². The molecule has 0 atom stereocenters. The Balaban J connectivity index is 1.91. The van der Waals surface area contributed by atoms with Gasteiger partial charge in [0.1, 0.15) is 0 Å². The summed E-state index contributed by atoms with van der Waals surface area (Å²) in [6, 6.07) is 17.0. The van der Waals surface area contributed by atoms with Gasteiger partial charge in [-0.25, -0.2) is 8.42 Å². The van der Waals surface area contributed by atoms with E-state index >= 15 is 0 Å². The number of carbonyl (C=O) groups excluding carboxylic acids is 2. The van der Waals surface area contributed by atoms with Crippen LogP contribution in [0, 0.1) is 13.8 Å².